The van der Waals surface area contributed by atoms with Crippen LogP contribution in [0.4, 0.5) is 0 Å². The minimum Gasteiger partial charge on any atom is -0.354 e. The highest BCUT2D eigenvalue weighted by atomic mass is 32.1. The van der Waals surface area contributed by atoms with Crippen LogP contribution in [0, 0.1) is 5.92 Å². The Labute approximate surface area is 93.7 Å². The molecule has 3 nitrogen and oxygen atoms in total. The number of nitrogens with one attached hydrogen (secondary N) is 1. The summed E-state index contributed by atoms with van der Waals surface area (Å²) in [6.45, 7) is 0.620. The van der Waals surface area contributed by atoms with Gasteiger partial charge >= 0.3 is 0 Å². The Bertz CT molecular complexity index is 319. The van der Waals surface area contributed by atoms with Crippen LogP contribution in [0.5, 0.6) is 0 Å². The predicted octanol–water partition coefficient (Wildman–Crippen LogP) is 1.14. The third kappa shape index (κ3) is 3.32. The largest absolute Gasteiger partial charge is 0.354 e. The average molecular weight is 224 g/mol. The molecular weight excluding hydrogens is 208 g/mol. The number of amides is 1. The van der Waals surface area contributed by atoms with Gasteiger partial charge in [-0.25, -0.2) is 0 Å². The van der Waals surface area contributed by atoms with Gasteiger partial charge in [0.15, 0.2) is 0 Å². The Balaban J connectivity index is 1.68. The summed E-state index contributed by atoms with van der Waals surface area (Å²) in [6, 6.07) is 4.09. The van der Waals surface area contributed by atoms with Crippen molar-refractivity contribution in [2.75, 3.05) is 6.54 Å². The zero-order valence-electron chi connectivity index (χ0n) is 8.61. The molecule has 0 saturated heterocycles. The lowest BCUT2D eigenvalue weighted by Gasteiger charge is -2.10. The normalized spacial score (nSPS) is 17.4. The van der Waals surface area contributed by atoms with E-state index in [9.17, 15) is 4.79 Å². The Hall–Kier alpha value is -0.870. The lowest BCUT2D eigenvalue weighted by atomic mass is 10.2. The summed E-state index contributed by atoms with van der Waals surface area (Å²) in [7, 11) is 0. The minimum atomic E-state index is 0.0774. The van der Waals surface area contributed by atoms with Gasteiger partial charge in [0.2, 0.25) is 5.91 Å². The van der Waals surface area contributed by atoms with Crippen molar-refractivity contribution in [1.82, 2.24) is 5.32 Å². The topological polar surface area (TPSA) is 55.1 Å². The van der Waals surface area contributed by atoms with Crippen molar-refractivity contribution in [2.45, 2.75) is 25.3 Å². The highest BCUT2D eigenvalue weighted by Crippen LogP contribution is 2.31. The van der Waals surface area contributed by atoms with E-state index in [-0.39, 0.29) is 11.9 Å². The minimum absolute atomic E-state index is 0.0774. The summed E-state index contributed by atoms with van der Waals surface area (Å²) in [5, 5.41) is 4.87. The van der Waals surface area contributed by atoms with E-state index < -0.39 is 0 Å². The van der Waals surface area contributed by atoms with Crippen LogP contribution in [0.2, 0.25) is 0 Å². The molecule has 1 aliphatic rings. The predicted molar refractivity (Wildman–Crippen MR) is 61.7 cm³/mol. The molecule has 0 spiro atoms. The first kappa shape index (κ1) is 10.6. The van der Waals surface area contributed by atoms with Gasteiger partial charge in [0, 0.05) is 17.5 Å². The van der Waals surface area contributed by atoms with Crippen molar-refractivity contribution < 1.29 is 4.79 Å². The summed E-state index contributed by atoms with van der Waals surface area (Å²) >= 11 is 1.61. The number of carbonyl (C=O) groups is 1. The number of carbonyl (C=O) groups excluding carboxylic acids is 1. The number of nitrogens with two attached hydrogens (primary N) is 1. The third-order valence-electron chi connectivity index (χ3n) is 2.68. The van der Waals surface area contributed by atoms with Gasteiger partial charge in [0.1, 0.15) is 0 Å². The Morgan fingerprint density at radius 2 is 2.47 bits per heavy atom. The molecule has 1 fully saturated rings. The molecule has 1 aliphatic carbocycles. The SMILES string of the molecule is NC(CNC(=O)Cc1cccs1)C1CC1. The van der Waals surface area contributed by atoms with Gasteiger partial charge in [0.25, 0.3) is 0 Å². The average Bonchev–Trinajstić information content (AvgIpc) is 2.95. The molecule has 0 aliphatic heterocycles. The van der Waals surface area contributed by atoms with E-state index in [0.717, 1.165) is 4.88 Å². The Kier molecular flexibility index (Phi) is 3.38. The van der Waals surface area contributed by atoms with Crippen molar-refractivity contribution in [1.29, 1.82) is 0 Å². The summed E-state index contributed by atoms with van der Waals surface area (Å²) < 4.78 is 0. The van der Waals surface area contributed by atoms with Crippen LogP contribution in [0.25, 0.3) is 0 Å². The molecule has 0 aromatic carbocycles. The van der Waals surface area contributed by atoms with Gasteiger partial charge in [-0.05, 0) is 30.2 Å². The first-order chi connectivity index (χ1) is 7.25. The van der Waals surface area contributed by atoms with Crippen molar-refractivity contribution in [3.05, 3.63) is 22.4 Å². The summed E-state index contributed by atoms with van der Waals surface area (Å²) in [5.74, 6) is 0.723. The van der Waals surface area contributed by atoms with E-state index in [1.807, 2.05) is 17.5 Å². The van der Waals surface area contributed by atoms with Crippen molar-refractivity contribution in [3.8, 4) is 0 Å². The second-order valence-corrected chi connectivity index (χ2v) is 5.09. The van der Waals surface area contributed by atoms with E-state index in [2.05, 4.69) is 5.32 Å². The fourth-order valence-corrected chi connectivity index (χ4v) is 2.26. The van der Waals surface area contributed by atoms with Crippen LogP contribution in [-0.2, 0) is 11.2 Å². The molecule has 1 aromatic rings. The molecule has 1 unspecified atom stereocenters. The van der Waals surface area contributed by atoms with E-state index in [4.69, 9.17) is 5.73 Å². The molecule has 2 rings (SSSR count). The molecule has 1 atom stereocenters. The van der Waals surface area contributed by atoms with E-state index in [1.54, 1.807) is 11.3 Å². The van der Waals surface area contributed by atoms with Crippen LogP contribution in [0.1, 0.15) is 17.7 Å². The van der Waals surface area contributed by atoms with Crippen LogP contribution in [0.15, 0.2) is 17.5 Å². The fraction of sp³-hybridized carbons (Fsp3) is 0.545. The van der Waals surface area contributed by atoms with Gasteiger partial charge in [0.05, 0.1) is 6.42 Å². The number of thiophene rings is 1. The van der Waals surface area contributed by atoms with E-state index >= 15 is 0 Å². The number of hydrogen-bond acceptors (Lipinski definition) is 3. The second kappa shape index (κ2) is 4.77. The first-order valence-corrected chi connectivity index (χ1v) is 6.18. The van der Waals surface area contributed by atoms with Gasteiger partial charge in [-0.1, -0.05) is 6.07 Å². The number of rotatable bonds is 5. The van der Waals surface area contributed by atoms with Crippen molar-refractivity contribution in [3.63, 3.8) is 0 Å². The van der Waals surface area contributed by atoms with Crippen LogP contribution in [0.3, 0.4) is 0 Å². The third-order valence-corrected chi connectivity index (χ3v) is 3.55. The smallest absolute Gasteiger partial charge is 0.225 e. The highest BCUT2D eigenvalue weighted by Gasteiger charge is 2.28. The highest BCUT2D eigenvalue weighted by molar-refractivity contribution is 7.10. The van der Waals surface area contributed by atoms with Crippen LogP contribution in [-0.4, -0.2) is 18.5 Å². The monoisotopic (exact) mass is 224 g/mol. The molecule has 3 N–H and O–H groups in total. The molecule has 1 saturated carbocycles. The molecule has 4 heteroatoms. The maximum absolute atomic E-state index is 11.5. The maximum Gasteiger partial charge on any atom is 0.225 e. The number of hydrogen-bond donors (Lipinski definition) is 2. The Morgan fingerprint density at radius 3 is 3.07 bits per heavy atom. The lowest BCUT2D eigenvalue weighted by molar-refractivity contribution is -0.120. The fourth-order valence-electron chi connectivity index (χ4n) is 1.56. The maximum atomic E-state index is 11.5. The molecule has 1 heterocycles. The molecule has 1 amide bonds. The Morgan fingerprint density at radius 1 is 1.67 bits per heavy atom. The lowest BCUT2D eigenvalue weighted by Crippen LogP contribution is -2.39. The second-order valence-electron chi connectivity index (χ2n) is 4.06. The molecule has 0 bridgehead atoms. The molecule has 15 heavy (non-hydrogen) atoms. The summed E-state index contributed by atoms with van der Waals surface area (Å²) in [4.78, 5) is 12.6. The van der Waals surface area contributed by atoms with Gasteiger partial charge in [-0.3, -0.25) is 4.79 Å². The van der Waals surface area contributed by atoms with Crippen molar-refractivity contribution in [2.24, 2.45) is 11.7 Å². The first-order valence-electron chi connectivity index (χ1n) is 5.30. The van der Waals surface area contributed by atoms with Gasteiger partial charge < -0.3 is 11.1 Å². The summed E-state index contributed by atoms with van der Waals surface area (Å²) in [6.07, 6.45) is 2.93. The zero-order chi connectivity index (χ0) is 10.7. The molecule has 0 radical (unpaired) electrons. The quantitative estimate of drug-likeness (QED) is 0.788. The zero-order valence-corrected chi connectivity index (χ0v) is 9.43. The van der Waals surface area contributed by atoms with Gasteiger partial charge in [-0.2, -0.15) is 0 Å². The van der Waals surface area contributed by atoms with Gasteiger partial charge in [-0.15, -0.1) is 11.3 Å². The van der Waals surface area contributed by atoms with Crippen molar-refractivity contribution >= 4 is 17.2 Å². The standard InChI is InChI=1S/C11H16N2OS/c12-10(8-3-4-8)7-13-11(14)6-9-2-1-5-15-9/h1-2,5,8,10H,3-4,6-7,12H2,(H,13,14). The molecule has 82 valence electrons. The van der Waals surface area contributed by atoms with E-state index in [1.165, 1.54) is 12.8 Å². The summed E-state index contributed by atoms with van der Waals surface area (Å²) in [5.41, 5.74) is 5.89. The molecular formula is C11H16N2OS. The van der Waals surface area contributed by atoms with Crippen LogP contribution >= 0.6 is 11.3 Å². The van der Waals surface area contributed by atoms with Crippen LogP contribution < -0.4 is 11.1 Å². The van der Waals surface area contributed by atoms with E-state index in [0.29, 0.717) is 18.9 Å². The molecule has 1 aromatic heterocycles.